The van der Waals surface area contributed by atoms with Crippen molar-refractivity contribution in [3.05, 3.63) is 65.5 Å². The predicted molar refractivity (Wildman–Crippen MR) is 111 cm³/mol. The Kier molecular flexibility index (Phi) is 5.59. The van der Waals surface area contributed by atoms with Gasteiger partial charge in [0.1, 0.15) is 17.2 Å². The average Bonchev–Trinajstić information content (AvgIpc) is 2.69. The van der Waals surface area contributed by atoms with E-state index in [4.69, 9.17) is 4.74 Å². The van der Waals surface area contributed by atoms with Gasteiger partial charge in [-0.05, 0) is 57.0 Å². The second-order valence-electron chi connectivity index (χ2n) is 8.87. The molecule has 5 heteroatoms. The third kappa shape index (κ3) is 4.78. The topological polar surface area (TPSA) is 41.6 Å². The van der Waals surface area contributed by atoms with Crippen molar-refractivity contribution in [2.75, 3.05) is 13.1 Å². The molecular weight excluding hydrogens is 367 g/mol. The van der Waals surface area contributed by atoms with Crippen LogP contribution in [-0.2, 0) is 11.3 Å². The molecule has 0 radical (unpaired) electrons. The zero-order chi connectivity index (χ0) is 20.4. The number of carbonyl (C=O) groups is 1. The van der Waals surface area contributed by atoms with Crippen molar-refractivity contribution in [3.63, 3.8) is 0 Å². The fourth-order valence-electron chi connectivity index (χ4n) is 4.48. The summed E-state index contributed by atoms with van der Waals surface area (Å²) < 4.78 is 19.2. The van der Waals surface area contributed by atoms with Crippen molar-refractivity contribution >= 4 is 5.91 Å². The Bertz CT molecular complexity index is 865. The fourth-order valence-corrected chi connectivity index (χ4v) is 4.48. The van der Waals surface area contributed by atoms with Crippen molar-refractivity contribution in [1.29, 1.82) is 0 Å². The number of likely N-dealkylation sites (tertiary alicyclic amines) is 1. The van der Waals surface area contributed by atoms with Gasteiger partial charge in [-0.2, -0.15) is 0 Å². The van der Waals surface area contributed by atoms with Gasteiger partial charge in [-0.25, -0.2) is 4.39 Å². The molecule has 2 atom stereocenters. The smallest absolute Gasteiger partial charge is 0.224 e. The van der Waals surface area contributed by atoms with E-state index >= 15 is 0 Å². The van der Waals surface area contributed by atoms with Crippen LogP contribution in [0.2, 0.25) is 0 Å². The van der Waals surface area contributed by atoms with Gasteiger partial charge in [0.05, 0.1) is 12.0 Å². The first-order chi connectivity index (χ1) is 13.9. The van der Waals surface area contributed by atoms with Crippen molar-refractivity contribution in [2.24, 2.45) is 5.92 Å². The van der Waals surface area contributed by atoms with E-state index in [1.807, 2.05) is 36.4 Å². The van der Waals surface area contributed by atoms with Gasteiger partial charge in [-0.3, -0.25) is 9.69 Å². The normalized spacial score (nSPS) is 23.7. The maximum absolute atomic E-state index is 13.1. The first kappa shape index (κ1) is 19.9. The van der Waals surface area contributed by atoms with Crippen molar-refractivity contribution in [3.8, 4) is 5.75 Å². The number of halogens is 1. The molecule has 4 rings (SSSR count). The number of piperidine rings is 1. The maximum Gasteiger partial charge on any atom is 0.224 e. The van der Waals surface area contributed by atoms with E-state index in [0.29, 0.717) is 0 Å². The van der Waals surface area contributed by atoms with Gasteiger partial charge in [-0.15, -0.1) is 0 Å². The maximum atomic E-state index is 13.1. The van der Waals surface area contributed by atoms with Gasteiger partial charge in [-0.1, -0.05) is 30.3 Å². The minimum Gasteiger partial charge on any atom is -0.487 e. The Labute approximate surface area is 172 Å². The molecule has 0 aromatic heterocycles. The van der Waals surface area contributed by atoms with Crippen LogP contribution >= 0.6 is 0 Å². The van der Waals surface area contributed by atoms with E-state index in [-0.39, 0.29) is 29.3 Å². The van der Waals surface area contributed by atoms with Gasteiger partial charge < -0.3 is 10.1 Å². The van der Waals surface area contributed by atoms with Crippen LogP contribution < -0.4 is 10.1 Å². The molecule has 154 valence electrons. The minimum absolute atomic E-state index is 0.0256. The average molecular weight is 397 g/mol. The summed E-state index contributed by atoms with van der Waals surface area (Å²) in [6.07, 6.45) is 2.65. The zero-order valence-corrected chi connectivity index (χ0v) is 17.2. The number of hydrogen-bond acceptors (Lipinski definition) is 3. The molecule has 0 aliphatic carbocycles. The van der Waals surface area contributed by atoms with Crippen LogP contribution in [0, 0.1) is 11.7 Å². The zero-order valence-electron chi connectivity index (χ0n) is 17.2. The lowest BCUT2D eigenvalue weighted by atomic mass is 9.88. The third-order valence-electron chi connectivity index (χ3n) is 5.89. The molecule has 2 aromatic carbocycles. The summed E-state index contributed by atoms with van der Waals surface area (Å²) in [6, 6.07) is 14.6. The van der Waals surface area contributed by atoms with Gasteiger partial charge >= 0.3 is 0 Å². The molecule has 2 aromatic rings. The fraction of sp³-hybridized carbons (Fsp3) is 0.458. The lowest BCUT2D eigenvalue weighted by molar-refractivity contribution is -0.128. The molecule has 1 fully saturated rings. The van der Waals surface area contributed by atoms with E-state index in [2.05, 4.69) is 24.1 Å². The number of hydrogen-bond donors (Lipinski definition) is 1. The van der Waals surface area contributed by atoms with Crippen LogP contribution in [0.4, 0.5) is 4.39 Å². The number of nitrogens with zero attached hydrogens (tertiary/aromatic N) is 1. The monoisotopic (exact) mass is 396 g/mol. The van der Waals surface area contributed by atoms with Crippen molar-refractivity contribution < 1.29 is 13.9 Å². The number of benzene rings is 2. The Hall–Kier alpha value is -2.40. The van der Waals surface area contributed by atoms with Crippen LogP contribution in [0.15, 0.2) is 48.5 Å². The first-order valence-electron chi connectivity index (χ1n) is 10.4. The van der Waals surface area contributed by atoms with Crippen LogP contribution in [-0.4, -0.2) is 29.5 Å². The van der Waals surface area contributed by atoms with Gasteiger partial charge in [0.15, 0.2) is 0 Å². The Morgan fingerprint density at radius 2 is 1.97 bits per heavy atom. The predicted octanol–water partition coefficient (Wildman–Crippen LogP) is 4.46. The summed E-state index contributed by atoms with van der Waals surface area (Å²) in [5.74, 6) is 0.730. The molecule has 2 heterocycles. The molecule has 0 spiro atoms. The van der Waals surface area contributed by atoms with E-state index in [0.717, 1.165) is 55.8 Å². The van der Waals surface area contributed by atoms with Gasteiger partial charge in [0, 0.05) is 25.1 Å². The van der Waals surface area contributed by atoms with E-state index < -0.39 is 0 Å². The van der Waals surface area contributed by atoms with E-state index in [1.165, 1.54) is 12.1 Å². The van der Waals surface area contributed by atoms with Crippen molar-refractivity contribution in [1.82, 2.24) is 10.2 Å². The summed E-state index contributed by atoms with van der Waals surface area (Å²) in [4.78, 5) is 15.4. The highest BCUT2D eigenvalue weighted by atomic mass is 19.1. The quantitative estimate of drug-likeness (QED) is 0.830. The summed E-state index contributed by atoms with van der Waals surface area (Å²) in [5, 5.41) is 3.30. The summed E-state index contributed by atoms with van der Waals surface area (Å²) in [6.45, 7) is 6.57. The largest absolute Gasteiger partial charge is 0.487 e. The minimum atomic E-state index is -0.312. The summed E-state index contributed by atoms with van der Waals surface area (Å²) in [7, 11) is 0. The molecule has 2 aliphatic rings. The molecule has 4 nitrogen and oxygen atoms in total. The Morgan fingerprint density at radius 1 is 1.21 bits per heavy atom. The first-order valence-corrected chi connectivity index (χ1v) is 10.4. The number of para-hydroxylation sites is 1. The van der Waals surface area contributed by atoms with E-state index in [1.54, 1.807) is 0 Å². The van der Waals surface area contributed by atoms with Crippen LogP contribution in [0.25, 0.3) is 0 Å². The molecule has 2 aliphatic heterocycles. The van der Waals surface area contributed by atoms with Crippen LogP contribution in [0.3, 0.4) is 0 Å². The SMILES string of the molecule is CC1(C)CC(NC(=O)C2CCCN(Cc3ccc(F)cc3)C2)c2ccccc2O1. The van der Waals surface area contributed by atoms with Crippen molar-refractivity contribution in [2.45, 2.75) is 51.3 Å². The second kappa shape index (κ2) is 8.15. The molecule has 1 amide bonds. The third-order valence-corrected chi connectivity index (χ3v) is 5.89. The lowest BCUT2D eigenvalue weighted by Gasteiger charge is -2.39. The van der Waals surface area contributed by atoms with Crippen LogP contribution in [0.5, 0.6) is 5.75 Å². The highest BCUT2D eigenvalue weighted by Gasteiger charge is 2.36. The number of carbonyl (C=O) groups excluding carboxylic acids is 1. The number of nitrogens with one attached hydrogen (secondary N) is 1. The van der Waals surface area contributed by atoms with Gasteiger partial charge in [0.25, 0.3) is 0 Å². The number of ether oxygens (including phenoxy) is 1. The molecule has 1 N–H and O–H groups in total. The second-order valence-corrected chi connectivity index (χ2v) is 8.87. The molecule has 1 saturated heterocycles. The number of rotatable bonds is 4. The number of fused-ring (bicyclic) bond motifs is 1. The Morgan fingerprint density at radius 3 is 2.76 bits per heavy atom. The van der Waals surface area contributed by atoms with Gasteiger partial charge in [0.2, 0.25) is 5.91 Å². The number of amides is 1. The van der Waals surface area contributed by atoms with E-state index in [9.17, 15) is 9.18 Å². The standard InChI is InChI=1S/C24H29FN2O2/c1-24(2)14-21(20-7-3-4-8-22(20)29-24)26-23(28)18-6-5-13-27(16-18)15-17-9-11-19(25)12-10-17/h3-4,7-12,18,21H,5-6,13-16H2,1-2H3,(H,26,28). The summed E-state index contributed by atoms with van der Waals surface area (Å²) >= 11 is 0. The highest BCUT2D eigenvalue weighted by Crippen LogP contribution is 2.39. The lowest BCUT2D eigenvalue weighted by Crippen LogP contribution is -2.46. The molecule has 0 saturated carbocycles. The molecular formula is C24H29FN2O2. The van der Waals surface area contributed by atoms with Crippen LogP contribution in [0.1, 0.15) is 50.3 Å². The molecule has 0 bridgehead atoms. The summed E-state index contributed by atoms with van der Waals surface area (Å²) in [5.41, 5.74) is 1.82. The Balaban J connectivity index is 1.41. The molecule has 29 heavy (non-hydrogen) atoms. The molecule has 2 unspecified atom stereocenters. The highest BCUT2D eigenvalue weighted by molar-refractivity contribution is 5.79.